The van der Waals surface area contributed by atoms with Crippen LogP contribution in [0, 0.1) is 5.92 Å². The molecule has 1 fully saturated rings. The van der Waals surface area contributed by atoms with Crippen LogP contribution in [0.15, 0.2) is 31.0 Å². The van der Waals surface area contributed by atoms with Crippen LogP contribution in [0.25, 0.3) is 11.3 Å². The van der Waals surface area contributed by atoms with Gasteiger partial charge in [-0.2, -0.15) is 0 Å². The molecule has 88 valence electrons. The van der Waals surface area contributed by atoms with Crippen LogP contribution in [-0.2, 0) is 6.54 Å². The summed E-state index contributed by atoms with van der Waals surface area (Å²) < 4.78 is 2.17. The minimum absolute atomic E-state index is 0.758. The first-order valence-corrected chi connectivity index (χ1v) is 6.04. The van der Waals surface area contributed by atoms with Gasteiger partial charge >= 0.3 is 0 Å². The van der Waals surface area contributed by atoms with Crippen molar-refractivity contribution in [3.8, 4) is 11.3 Å². The molecule has 0 saturated heterocycles. The smallest absolute Gasteiger partial charge is 0.0950 e. The lowest BCUT2D eigenvalue weighted by molar-refractivity contribution is 0.600. The zero-order chi connectivity index (χ0) is 11.7. The van der Waals surface area contributed by atoms with E-state index in [1.54, 1.807) is 12.4 Å². The fourth-order valence-electron chi connectivity index (χ4n) is 2.07. The van der Waals surface area contributed by atoms with Crippen LogP contribution in [0.4, 0.5) is 5.69 Å². The molecular weight excluding hydrogens is 212 g/mol. The molecule has 0 amide bonds. The minimum atomic E-state index is 0.758. The van der Waals surface area contributed by atoms with Crippen LogP contribution < -0.4 is 5.73 Å². The number of hydrogen-bond acceptors (Lipinski definition) is 3. The third-order valence-corrected chi connectivity index (χ3v) is 3.32. The Hall–Kier alpha value is -1.84. The highest BCUT2D eigenvalue weighted by Crippen LogP contribution is 2.33. The predicted octanol–water partition coefficient (Wildman–Crippen LogP) is 2.33. The summed E-state index contributed by atoms with van der Waals surface area (Å²) >= 11 is 0. The number of imidazole rings is 1. The number of nitrogens with two attached hydrogens (primary N) is 1. The van der Waals surface area contributed by atoms with Crippen LogP contribution in [0.1, 0.15) is 19.3 Å². The molecule has 0 atom stereocenters. The van der Waals surface area contributed by atoms with Crippen LogP contribution in [-0.4, -0.2) is 14.5 Å². The first kappa shape index (κ1) is 10.3. The summed E-state index contributed by atoms with van der Waals surface area (Å²) in [5, 5.41) is 0. The quantitative estimate of drug-likeness (QED) is 0.873. The van der Waals surface area contributed by atoms with Crippen molar-refractivity contribution >= 4 is 5.69 Å². The van der Waals surface area contributed by atoms with E-state index >= 15 is 0 Å². The average Bonchev–Trinajstić information content (AvgIpc) is 3.06. The molecule has 1 aliphatic carbocycles. The number of nitrogens with zero attached hydrogens (tertiary/aromatic N) is 3. The number of anilines is 1. The Kier molecular flexibility index (Phi) is 2.55. The Morgan fingerprint density at radius 3 is 2.94 bits per heavy atom. The maximum absolute atomic E-state index is 5.97. The zero-order valence-electron chi connectivity index (χ0n) is 9.71. The van der Waals surface area contributed by atoms with Crippen molar-refractivity contribution in [3.63, 3.8) is 0 Å². The molecule has 3 rings (SSSR count). The SMILES string of the molecule is Nc1ccncc1-c1cncn1CCC1CC1. The molecule has 1 saturated carbocycles. The first-order valence-electron chi connectivity index (χ1n) is 6.04. The molecule has 0 bridgehead atoms. The molecule has 2 aromatic rings. The molecule has 0 aliphatic heterocycles. The molecule has 0 aromatic carbocycles. The van der Waals surface area contributed by atoms with Crippen molar-refractivity contribution in [2.45, 2.75) is 25.8 Å². The van der Waals surface area contributed by atoms with Gasteiger partial charge in [0.1, 0.15) is 0 Å². The average molecular weight is 228 g/mol. The highest BCUT2D eigenvalue weighted by atomic mass is 15.0. The topological polar surface area (TPSA) is 56.7 Å². The van der Waals surface area contributed by atoms with E-state index in [4.69, 9.17) is 5.73 Å². The summed E-state index contributed by atoms with van der Waals surface area (Å²) in [7, 11) is 0. The van der Waals surface area contributed by atoms with Gasteiger partial charge in [0.05, 0.1) is 18.2 Å². The van der Waals surface area contributed by atoms with E-state index in [1.165, 1.54) is 19.3 Å². The van der Waals surface area contributed by atoms with Gasteiger partial charge in [-0.15, -0.1) is 0 Å². The normalized spacial score (nSPS) is 15.1. The number of aromatic nitrogens is 3. The lowest BCUT2D eigenvalue weighted by Gasteiger charge is -2.09. The van der Waals surface area contributed by atoms with Crippen LogP contribution in [0.2, 0.25) is 0 Å². The third kappa shape index (κ3) is 2.16. The van der Waals surface area contributed by atoms with Crippen LogP contribution >= 0.6 is 0 Å². The van der Waals surface area contributed by atoms with Gasteiger partial charge in [0, 0.05) is 30.2 Å². The third-order valence-electron chi connectivity index (χ3n) is 3.32. The molecule has 1 aliphatic rings. The molecule has 17 heavy (non-hydrogen) atoms. The molecule has 2 aromatic heterocycles. The summed E-state index contributed by atoms with van der Waals surface area (Å²) in [5.41, 5.74) is 8.76. The van der Waals surface area contributed by atoms with Crippen LogP contribution in [0.3, 0.4) is 0 Å². The van der Waals surface area contributed by atoms with Crippen molar-refractivity contribution in [1.82, 2.24) is 14.5 Å². The van der Waals surface area contributed by atoms with E-state index in [9.17, 15) is 0 Å². The molecule has 2 N–H and O–H groups in total. The molecular formula is C13H16N4. The molecule has 4 nitrogen and oxygen atoms in total. The lowest BCUT2D eigenvalue weighted by atomic mass is 10.2. The van der Waals surface area contributed by atoms with Gasteiger partial charge < -0.3 is 10.3 Å². The van der Waals surface area contributed by atoms with Gasteiger partial charge in [0.15, 0.2) is 0 Å². The summed E-state index contributed by atoms with van der Waals surface area (Å²) in [6.45, 7) is 1.02. The maximum atomic E-state index is 5.97. The van der Waals surface area contributed by atoms with Crippen molar-refractivity contribution in [2.24, 2.45) is 5.92 Å². The maximum Gasteiger partial charge on any atom is 0.0950 e. The Morgan fingerprint density at radius 1 is 1.29 bits per heavy atom. The second-order valence-corrected chi connectivity index (χ2v) is 4.67. The molecule has 2 heterocycles. The summed E-state index contributed by atoms with van der Waals surface area (Å²) in [5.74, 6) is 0.927. The van der Waals surface area contributed by atoms with Gasteiger partial charge in [0.25, 0.3) is 0 Å². The first-order chi connectivity index (χ1) is 8.34. The summed E-state index contributed by atoms with van der Waals surface area (Å²) in [6, 6.07) is 1.83. The molecule has 0 spiro atoms. The van der Waals surface area contributed by atoms with Gasteiger partial charge in [-0.3, -0.25) is 4.98 Å². The van der Waals surface area contributed by atoms with Gasteiger partial charge in [-0.1, -0.05) is 12.8 Å². The van der Waals surface area contributed by atoms with E-state index in [0.717, 1.165) is 29.4 Å². The van der Waals surface area contributed by atoms with Gasteiger partial charge in [-0.05, 0) is 18.4 Å². The lowest BCUT2D eigenvalue weighted by Crippen LogP contribution is -2.01. The molecule has 4 heteroatoms. The number of aryl methyl sites for hydroxylation is 1. The Balaban J connectivity index is 1.86. The fourth-order valence-corrected chi connectivity index (χ4v) is 2.07. The van der Waals surface area contributed by atoms with Crippen molar-refractivity contribution in [2.75, 3.05) is 5.73 Å². The largest absolute Gasteiger partial charge is 0.398 e. The van der Waals surface area contributed by atoms with Crippen molar-refractivity contribution in [3.05, 3.63) is 31.0 Å². The van der Waals surface area contributed by atoms with E-state index in [2.05, 4.69) is 14.5 Å². The number of hydrogen-bond donors (Lipinski definition) is 1. The summed E-state index contributed by atoms with van der Waals surface area (Å²) in [6.07, 6.45) is 11.3. The monoisotopic (exact) mass is 228 g/mol. The standard InChI is InChI=1S/C13H16N4/c14-12-3-5-15-7-11(12)13-8-16-9-17(13)6-4-10-1-2-10/h3,5,7-10H,1-2,4,6H2,(H2,14,15). The summed E-state index contributed by atoms with van der Waals surface area (Å²) in [4.78, 5) is 8.35. The number of rotatable bonds is 4. The van der Waals surface area contributed by atoms with E-state index in [-0.39, 0.29) is 0 Å². The van der Waals surface area contributed by atoms with E-state index in [1.807, 2.05) is 18.6 Å². The van der Waals surface area contributed by atoms with Crippen LogP contribution in [0.5, 0.6) is 0 Å². The van der Waals surface area contributed by atoms with Crippen molar-refractivity contribution < 1.29 is 0 Å². The second-order valence-electron chi connectivity index (χ2n) is 4.67. The highest BCUT2D eigenvalue weighted by Gasteiger charge is 2.21. The fraction of sp³-hybridized carbons (Fsp3) is 0.385. The van der Waals surface area contributed by atoms with Gasteiger partial charge in [0.2, 0.25) is 0 Å². The highest BCUT2D eigenvalue weighted by molar-refractivity contribution is 5.72. The second kappa shape index (κ2) is 4.20. The van der Waals surface area contributed by atoms with Crippen molar-refractivity contribution in [1.29, 1.82) is 0 Å². The van der Waals surface area contributed by atoms with E-state index < -0.39 is 0 Å². The molecule has 0 unspecified atom stereocenters. The predicted molar refractivity (Wildman–Crippen MR) is 67.2 cm³/mol. The minimum Gasteiger partial charge on any atom is -0.398 e. The van der Waals surface area contributed by atoms with Gasteiger partial charge in [-0.25, -0.2) is 4.98 Å². The molecule has 0 radical (unpaired) electrons. The Bertz CT molecular complexity index is 514. The Labute approximate surface area is 101 Å². The number of pyridine rings is 1. The van der Waals surface area contributed by atoms with E-state index in [0.29, 0.717) is 0 Å². The Morgan fingerprint density at radius 2 is 2.18 bits per heavy atom. The zero-order valence-corrected chi connectivity index (χ0v) is 9.71. The number of nitrogen functional groups attached to an aromatic ring is 1.